The fraction of sp³-hybridized carbons (Fsp3) is 0.0556. The molecule has 0 unspecified atom stereocenters. The third-order valence-corrected chi connectivity index (χ3v) is 4.31. The Balaban J connectivity index is 2.00. The molecule has 2 aromatic carbocycles. The van der Waals surface area contributed by atoms with Crippen LogP contribution < -0.4 is 10.2 Å². The lowest BCUT2D eigenvalue weighted by Crippen LogP contribution is -2.02. The molecule has 0 saturated carbocycles. The number of pyridine rings is 1. The summed E-state index contributed by atoms with van der Waals surface area (Å²) in [5, 5.41) is 10.5. The first-order valence-electron chi connectivity index (χ1n) is 6.95. The summed E-state index contributed by atoms with van der Waals surface area (Å²) in [6.07, 6.45) is 3.69. The molecule has 0 amide bonds. The molecule has 0 fully saturated rings. The summed E-state index contributed by atoms with van der Waals surface area (Å²) in [7, 11) is 1.51. The number of para-hydroxylation sites is 1. The van der Waals surface area contributed by atoms with Crippen LogP contribution in [0.2, 0.25) is 0 Å². The standard InChI is InChI=1S/C18H14INO3/c1-23-17-9-11(8-14(19)18(17)22)6-7-12-10-16(21)13-4-2-3-5-15(13)20-12/h2-10,22H,1H3,(H,20,21)/b7-6+. The number of methoxy groups -OCH3 is 1. The molecule has 1 aromatic heterocycles. The van der Waals surface area contributed by atoms with E-state index in [9.17, 15) is 9.90 Å². The highest BCUT2D eigenvalue weighted by Gasteiger charge is 2.07. The van der Waals surface area contributed by atoms with Gasteiger partial charge in [0.25, 0.3) is 0 Å². The minimum atomic E-state index is -0.0168. The predicted molar refractivity (Wildman–Crippen MR) is 101 cm³/mol. The number of hydrogen-bond acceptors (Lipinski definition) is 3. The monoisotopic (exact) mass is 419 g/mol. The second kappa shape index (κ2) is 6.45. The zero-order valence-electron chi connectivity index (χ0n) is 12.3. The van der Waals surface area contributed by atoms with E-state index in [1.807, 2.05) is 59.0 Å². The normalized spacial score (nSPS) is 11.2. The lowest BCUT2D eigenvalue weighted by Gasteiger charge is -2.06. The average molecular weight is 419 g/mol. The van der Waals surface area contributed by atoms with Gasteiger partial charge >= 0.3 is 0 Å². The first-order valence-corrected chi connectivity index (χ1v) is 8.03. The molecule has 3 aromatic rings. The zero-order chi connectivity index (χ0) is 16.4. The third kappa shape index (κ3) is 3.24. The summed E-state index contributed by atoms with van der Waals surface area (Å²) in [4.78, 5) is 15.3. The molecule has 4 nitrogen and oxygen atoms in total. The molecule has 0 saturated heterocycles. The molecule has 2 N–H and O–H groups in total. The second-order valence-corrected chi connectivity index (χ2v) is 6.18. The number of halogens is 1. The van der Waals surface area contributed by atoms with Gasteiger partial charge in [-0.25, -0.2) is 0 Å². The molecule has 0 atom stereocenters. The van der Waals surface area contributed by atoms with Crippen LogP contribution in [0.4, 0.5) is 0 Å². The number of H-pyrrole nitrogens is 1. The van der Waals surface area contributed by atoms with Crippen LogP contribution in [0.25, 0.3) is 23.1 Å². The number of hydrogen-bond donors (Lipinski definition) is 2. The van der Waals surface area contributed by atoms with E-state index in [1.54, 1.807) is 18.2 Å². The first-order chi connectivity index (χ1) is 11.1. The van der Waals surface area contributed by atoms with E-state index in [1.165, 1.54) is 7.11 Å². The largest absolute Gasteiger partial charge is 0.504 e. The summed E-state index contributed by atoms with van der Waals surface area (Å²) >= 11 is 2.05. The van der Waals surface area contributed by atoms with Crippen LogP contribution in [0.15, 0.2) is 47.3 Å². The van der Waals surface area contributed by atoms with Crippen molar-refractivity contribution in [2.75, 3.05) is 7.11 Å². The maximum absolute atomic E-state index is 12.1. The number of rotatable bonds is 3. The number of nitrogens with one attached hydrogen (secondary N) is 1. The molecule has 0 spiro atoms. The van der Waals surface area contributed by atoms with E-state index < -0.39 is 0 Å². The van der Waals surface area contributed by atoms with E-state index in [4.69, 9.17) is 4.74 Å². The number of benzene rings is 2. The Kier molecular flexibility index (Phi) is 4.38. The molecule has 116 valence electrons. The number of phenolic OH excluding ortho intramolecular Hbond substituents is 1. The topological polar surface area (TPSA) is 62.3 Å². The maximum Gasteiger partial charge on any atom is 0.189 e. The van der Waals surface area contributed by atoms with Crippen molar-refractivity contribution < 1.29 is 9.84 Å². The molecule has 0 aliphatic heterocycles. The summed E-state index contributed by atoms with van der Waals surface area (Å²) in [5.74, 6) is 0.549. The van der Waals surface area contributed by atoms with Crippen LogP contribution in [0.1, 0.15) is 11.3 Å². The van der Waals surface area contributed by atoms with Crippen LogP contribution in [0.3, 0.4) is 0 Å². The number of ether oxygens (including phenoxy) is 1. The molecule has 1 heterocycles. The second-order valence-electron chi connectivity index (χ2n) is 5.02. The average Bonchev–Trinajstić information content (AvgIpc) is 2.56. The van der Waals surface area contributed by atoms with Gasteiger partial charge in [0.1, 0.15) is 0 Å². The van der Waals surface area contributed by atoms with Crippen LogP contribution in [-0.2, 0) is 0 Å². The molecule has 3 rings (SSSR count). The molecule has 23 heavy (non-hydrogen) atoms. The molecule has 0 radical (unpaired) electrons. The van der Waals surface area contributed by atoms with Crippen LogP contribution in [0.5, 0.6) is 11.5 Å². The van der Waals surface area contributed by atoms with Crippen molar-refractivity contribution in [2.24, 2.45) is 0 Å². The van der Waals surface area contributed by atoms with E-state index >= 15 is 0 Å². The van der Waals surface area contributed by atoms with Gasteiger partial charge in [0.05, 0.1) is 10.7 Å². The van der Waals surface area contributed by atoms with Crippen molar-refractivity contribution >= 4 is 45.6 Å². The molecule has 0 aliphatic carbocycles. The SMILES string of the molecule is COc1cc(/C=C/c2cc(=O)c3ccccc3[nH]2)cc(I)c1O. The zero-order valence-corrected chi connectivity index (χ0v) is 14.5. The molecular weight excluding hydrogens is 405 g/mol. The number of phenols is 1. The highest BCUT2D eigenvalue weighted by molar-refractivity contribution is 14.1. The minimum Gasteiger partial charge on any atom is -0.504 e. The van der Waals surface area contributed by atoms with Crippen LogP contribution >= 0.6 is 22.6 Å². The lowest BCUT2D eigenvalue weighted by molar-refractivity contribution is 0.371. The lowest BCUT2D eigenvalue weighted by atomic mass is 10.1. The van der Waals surface area contributed by atoms with Gasteiger partial charge in [0, 0.05) is 22.7 Å². The van der Waals surface area contributed by atoms with Gasteiger partial charge < -0.3 is 14.8 Å². The molecule has 0 aliphatic rings. The van der Waals surface area contributed by atoms with Gasteiger partial charge in [-0.2, -0.15) is 0 Å². The Morgan fingerprint density at radius 2 is 1.96 bits per heavy atom. The van der Waals surface area contributed by atoms with E-state index in [0.29, 0.717) is 14.7 Å². The van der Waals surface area contributed by atoms with E-state index in [0.717, 1.165) is 16.8 Å². The number of aromatic hydroxyl groups is 1. The van der Waals surface area contributed by atoms with Crippen LogP contribution in [0, 0.1) is 3.57 Å². The summed E-state index contributed by atoms with van der Waals surface area (Å²) in [6.45, 7) is 0. The first kappa shape index (κ1) is 15.6. The smallest absolute Gasteiger partial charge is 0.189 e. The highest BCUT2D eigenvalue weighted by atomic mass is 127. The van der Waals surface area contributed by atoms with Crippen molar-refractivity contribution in [2.45, 2.75) is 0 Å². The summed E-state index contributed by atoms with van der Waals surface area (Å²) in [6, 6.07) is 12.6. The Bertz CT molecular complexity index is 960. The number of aromatic amines is 1. The Labute approximate surface area is 146 Å². The van der Waals surface area contributed by atoms with Crippen molar-refractivity contribution in [1.29, 1.82) is 0 Å². The molecular formula is C18H14INO3. The highest BCUT2D eigenvalue weighted by Crippen LogP contribution is 2.32. The van der Waals surface area contributed by atoms with Crippen molar-refractivity contribution in [1.82, 2.24) is 4.98 Å². The number of aromatic nitrogens is 1. The van der Waals surface area contributed by atoms with E-state index in [2.05, 4.69) is 4.98 Å². The fourth-order valence-electron chi connectivity index (χ4n) is 2.34. The Morgan fingerprint density at radius 3 is 2.74 bits per heavy atom. The quantitative estimate of drug-likeness (QED) is 0.631. The van der Waals surface area contributed by atoms with E-state index in [-0.39, 0.29) is 11.2 Å². The van der Waals surface area contributed by atoms with Gasteiger partial charge in [-0.3, -0.25) is 4.79 Å². The molecule has 0 bridgehead atoms. The summed E-state index contributed by atoms with van der Waals surface area (Å²) in [5.41, 5.74) is 2.38. The van der Waals surface area contributed by atoms with Crippen molar-refractivity contribution in [3.8, 4) is 11.5 Å². The van der Waals surface area contributed by atoms with Gasteiger partial charge in [-0.15, -0.1) is 0 Å². The minimum absolute atomic E-state index is 0.0168. The van der Waals surface area contributed by atoms with Gasteiger partial charge in [-0.05, 0) is 58.5 Å². The van der Waals surface area contributed by atoms with Gasteiger partial charge in [0.2, 0.25) is 0 Å². The molecule has 5 heteroatoms. The maximum atomic E-state index is 12.1. The van der Waals surface area contributed by atoms with Crippen molar-refractivity contribution in [3.63, 3.8) is 0 Å². The number of fused-ring (bicyclic) bond motifs is 1. The Morgan fingerprint density at radius 1 is 1.17 bits per heavy atom. The predicted octanol–water partition coefficient (Wildman–Crippen LogP) is 4.02. The van der Waals surface area contributed by atoms with Crippen molar-refractivity contribution in [3.05, 3.63) is 67.5 Å². The Hall–Kier alpha value is -2.28. The van der Waals surface area contributed by atoms with Crippen LogP contribution in [-0.4, -0.2) is 17.2 Å². The van der Waals surface area contributed by atoms with Gasteiger partial charge in [-0.1, -0.05) is 18.2 Å². The summed E-state index contributed by atoms with van der Waals surface area (Å²) < 4.78 is 5.85. The third-order valence-electron chi connectivity index (χ3n) is 3.48. The fourth-order valence-corrected chi connectivity index (χ4v) is 2.96. The van der Waals surface area contributed by atoms with Gasteiger partial charge in [0.15, 0.2) is 16.9 Å².